The molecule has 1 aliphatic rings. The number of hydrogen-bond donors (Lipinski definition) is 0. The zero-order valence-electron chi connectivity index (χ0n) is 3.98. The molecule has 33 valence electrons. The van der Waals surface area contributed by atoms with Crippen LogP contribution in [0, 0.1) is 0 Å². The summed E-state index contributed by atoms with van der Waals surface area (Å²) in [6.45, 7) is 2.99. The lowest BCUT2D eigenvalue weighted by atomic mass is 9.72. The fourth-order valence-corrected chi connectivity index (χ4v) is 0.625. The largest absolute Gasteiger partial charge is 0.388 e. The highest BCUT2D eigenvalue weighted by atomic mass is 16.5. The molecule has 0 spiro atoms. The van der Waals surface area contributed by atoms with Crippen LogP contribution in [-0.4, -0.2) is 19.9 Å². The van der Waals surface area contributed by atoms with Crippen molar-refractivity contribution in [1.82, 2.24) is 0 Å². The van der Waals surface area contributed by atoms with Crippen molar-refractivity contribution < 1.29 is 4.74 Å². The Kier molecular flexibility index (Phi) is 1.15. The summed E-state index contributed by atoms with van der Waals surface area (Å²) >= 11 is 0. The van der Waals surface area contributed by atoms with E-state index in [1.165, 1.54) is 0 Å². The fraction of sp³-hybridized carbons (Fsp3) is 1.00. The van der Waals surface area contributed by atoms with Gasteiger partial charge in [0.15, 0.2) is 7.28 Å². The van der Waals surface area contributed by atoms with Crippen molar-refractivity contribution in [3.63, 3.8) is 0 Å². The molecule has 1 rings (SSSR count). The van der Waals surface area contributed by atoms with Crippen LogP contribution in [0.1, 0.15) is 6.92 Å². The van der Waals surface area contributed by atoms with E-state index >= 15 is 0 Å². The molecule has 0 N–H and O–H groups in total. The highest BCUT2D eigenvalue weighted by Gasteiger charge is 2.09. The summed E-state index contributed by atoms with van der Waals surface area (Å²) in [5.41, 5.74) is 0. The average molecular weight is 82.9 g/mol. The number of hydrogen-bond acceptors (Lipinski definition) is 1. The van der Waals surface area contributed by atoms with Crippen LogP contribution in [0.3, 0.4) is 0 Å². The second-order valence-corrected chi connectivity index (χ2v) is 1.60. The zero-order valence-corrected chi connectivity index (χ0v) is 3.98. The van der Waals surface area contributed by atoms with E-state index in [1.807, 2.05) is 0 Å². The Morgan fingerprint density at radius 2 is 2.67 bits per heavy atom. The molecule has 1 nitrogen and oxygen atoms in total. The van der Waals surface area contributed by atoms with Gasteiger partial charge in [-0.2, -0.15) is 0 Å². The smallest absolute Gasteiger partial charge is 0.151 e. The molecule has 2 heteroatoms. The van der Waals surface area contributed by atoms with Crippen molar-refractivity contribution in [3.05, 3.63) is 0 Å². The van der Waals surface area contributed by atoms with Gasteiger partial charge in [-0.3, -0.25) is 0 Å². The predicted molar refractivity (Wildman–Crippen MR) is 26.0 cm³/mol. The third-order valence-corrected chi connectivity index (χ3v) is 0.997. The second-order valence-electron chi connectivity index (χ2n) is 1.60. The molecular formula is C4H8BO. The van der Waals surface area contributed by atoms with Gasteiger partial charge >= 0.3 is 0 Å². The summed E-state index contributed by atoms with van der Waals surface area (Å²) in [6, 6.07) is 0.421. The molecule has 0 aliphatic carbocycles. The van der Waals surface area contributed by atoms with Gasteiger partial charge in [-0.15, -0.1) is 0 Å². The Morgan fingerprint density at radius 1 is 1.83 bits per heavy atom. The van der Waals surface area contributed by atoms with Gasteiger partial charge in [0.2, 0.25) is 0 Å². The monoisotopic (exact) mass is 83.1 g/mol. The molecule has 1 heterocycles. The second kappa shape index (κ2) is 1.65. The highest BCUT2D eigenvalue weighted by Crippen LogP contribution is 2.00. The lowest BCUT2D eigenvalue weighted by Crippen LogP contribution is -2.03. The van der Waals surface area contributed by atoms with Gasteiger partial charge in [0.1, 0.15) is 0 Å². The standard InChI is InChI=1S/C4H8BO/c1-4-5-2-3-6-4/h4H,2-3H2,1H3. The maximum Gasteiger partial charge on any atom is 0.151 e. The van der Waals surface area contributed by atoms with Crippen molar-refractivity contribution >= 4 is 7.28 Å². The molecule has 6 heavy (non-hydrogen) atoms. The predicted octanol–water partition coefficient (Wildman–Crippen LogP) is 0.485. The van der Waals surface area contributed by atoms with Gasteiger partial charge in [0.25, 0.3) is 0 Å². The van der Waals surface area contributed by atoms with E-state index in [-0.39, 0.29) is 0 Å². The van der Waals surface area contributed by atoms with Crippen molar-refractivity contribution in [2.75, 3.05) is 6.61 Å². The minimum absolute atomic E-state index is 0.421. The van der Waals surface area contributed by atoms with Gasteiger partial charge in [0, 0.05) is 12.6 Å². The fourth-order valence-electron chi connectivity index (χ4n) is 0.625. The first kappa shape index (κ1) is 4.19. The third-order valence-electron chi connectivity index (χ3n) is 0.997. The molecule has 1 unspecified atom stereocenters. The van der Waals surface area contributed by atoms with Crippen LogP contribution in [0.4, 0.5) is 0 Å². The van der Waals surface area contributed by atoms with Crippen LogP contribution in [0.2, 0.25) is 6.32 Å². The maximum atomic E-state index is 5.10. The molecule has 1 aliphatic heterocycles. The third kappa shape index (κ3) is 0.746. The summed E-state index contributed by atoms with van der Waals surface area (Å²) in [5, 5.41) is 0. The zero-order chi connectivity index (χ0) is 4.41. The summed E-state index contributed by atoms with van der Waals surface area (Å²) in [5.74, 6) is 0. The first-order valence-corrected chi connectivity index (χ1v) is 2.34. The molecule has 1 saturated heterocycles. The van der Waals surface area contributed by atoms with Gasteiger partial charge in [-0.1, -0.05) is 6.32 Å². The van der Waals surface area contributed by atoms with Crippen LogP contribution >= 0.6 is 0 Å². The lowest BCUT2D eigenvalue weighted by Gasteiger charge is -1.94. The molecule has 0 aromatic heterocycles. The SMILES string of the molecule is CC1[B]CCO1. The van der Waals surface area contributed by atoms with E-state index < -0.39 is 0 Å². The van der Waals surface area contributed by atoms with E-state index in [2.05, 4.69) is 14.2 Å². The van der Waals surface area contributed by atoms with Crippen LogP contribution < -0.4 is 0 Å². The topological polar surface area (TPSA) is 9.23 Å². The Hall–Kier alpha value is 0.0249. The summed E-state index contributed by atoms with van der Waals surface area (Å²) in [6.07, 6.45) is 1.14. The van der Waals surface area contributed by atoms with Crippen LogP contribution in [0.25, 0.3) is 0 Å². The van der Waals surface area contributed by atoms with E-state index in [9.17, 15) is 0 Å². The molecule has 0 amide bonds. The Balaban J connectivity index is 2.18. The molecule has 1 radical (unpaired) electrons. The number of rotatable bonds is 0. The van der Waals surface area contributed by atoms with E-state index in [1.54, 1.807) is 0 Å². The first-order chi connectivity index (χ1) is 2.89. The van der Waals surface area contributed by atoms with Crippen molar-refractivity contribution in [1.29, 1.82) is 0 Å². The summed E-state index contributed by atoms with van der Waals surface area (Å²) in [7, 11) is 2.18. The Morgan fingerprint density at radius 3 is 2.83 bits per heavy atom. The van der Waals surface area contributed by atoms with Crippen LogP contribution in [0.5, 0.6) is 0 Å². The van der Waals surface area contributed by atoms with Gasteiger partial charge in [-0.25, -0.2) is 0 Å². The molecule has 1 fully saturated rings. The Labute approximate surface area is 38.9 Å². The normalized spacial score (nSPS) is 33.2. The molecule has 0 aromatic carbocycles. The van der Waals surface area contributed by atoms with Gasteiger partial charge < -0.3 is 4.74 Å². The summed E-state index contributed by atoms with van der Waals surface area (Å²) < 4.78 is 5.10. The van der Waals surface area contributed by atoms with E-state index in [0.717, 1.165) is 12.9 Å². The molecular weight excluding hydrogens is 74.9 g/mol. The molecule has 0 saturated carbocycles. The van der Waals surface area contributed by atoms with Crippen molar-refractivity contribution in [2.45, 2.75) is 19.2 Å². The maximum absolute atomic E-state index is 5.10. The molecule has 1 atom stereocenters. The lowest BCUT2D eigenvalue weighted by molar-refractivity contribution is 0.151. The van der Waals surface area contributed by atoms with Crippen molar-refractivity contribution in [2.24, 2.45) is 0 Å². The first-order valence-electron chi connectivity index (χ1n) is 2.34. The average Bonchev–Trinajstić information content (AvgIpc) is 1.86. The van der Waals surface area contributed by atoms with E-state index in [0.29, 0.717) is 6.00 Å². The number of ether oxygens (including phenoxy) is 1. The van der Waals surface area contributed by atoms with Crippen LogP contribution in [0.15, 0.2) is 0 Å². The molecule has 0 bridgehead atoms. The van der Waals surface area contributed by atoms with Gasteiger partial charge in [0.05, 0.1) is 0 Å². The minimum Gasteiger partial charge on any atom is -0.388 e. The van der Waals surface area contributed by atoms with Crippen LogP contribution in [-0.2, 0) is 4.74 Å². The Bertz CT molecular complexity index is 40.8. The van der Waals surface area contributed by atoms with Crippen molar-refractivity contribution in [3.8, 4) is 0 Å². The summed E-state index contributed by atoms with van der Waals surface area (Å²) in [4.78, 5) is 0. The van der Waals surface area contributed by atoms with Gasteiger partial charge in [-0.05, 0) is 6.92 Å². The minimum atomic E-state index is 0.421. The quantitative estimate of drug-likeness (QED) is 0.387. The highest BCUT2D eigenvalue weighted by molar-refractivity contribution is 6.37. The molecule has 0 aromatic rings. The van der Waals surface area contributed by atoms with E-state index in [4.69, 9.17) is 4.74 Å².